The van der Waals surface area contributed by atoms with Gasteiger partial charge in [-0.25, -0.2) is 0 Å². The van der Waals surface area contributed by atoms with Gasteiger partial charge in [-0.15, -0.1) is 0 Å². The zero-order valence-electron chi connectivity index (χ0n) is 17.5. The van der Waals surface area contributed by atoms with Gasteiger partial charge in [0.25, 0.3) is 0 Å². The molecule has 1 N–H and O–H groups in total. The lowest BCUT2D eigenvalue weighted by atomic mass is 9.87. The van der Waals surface area contributed by atoms with Gasteiger partial charge in [0, 0.05) is 6.42 Å². The molecule has 1 aromatic rings. The van der Waals surface area contributed by atoms with Crippen LogP contribution >= 0.6 is 0 Å². The fraction of sp³-hybridized carbons (Fsp3) is 0.579. The average molecular weight is 580 g/mol. The van der Waals surface area contributed by atoms with Crippen LogP contribution in [0.25, 0.3) is 6.08 Å². The molecule has 1 nitrogen and oxygen atoms in total. The van der Waals surface area contributed by atoms with Crippen LogP contribution in [0.15, 0.2) is 24.8 Å². The van der Waals surface area contributed by atoms with Crippen molar-refractivity contribution in [1.82, 2.24) is 0 Å². The van der Waals surface area contributed by atoms with Crippen LogP contribution in [0.2, 0.25) is 0 Å². The Morgan fingerprint density at radius 1 is 0.568 bits per heavy atom. The van der Waals surface area contributed by atoms with Gasteiger partial charge >= 0.3 is 47.6 Å². The van der Waals surface area contributed by atoms with Crippen LogP contribution < -0.4 is 0 Å². The highest BCUT2D eigenvalue weighted by atomic mass is 19.4. The van der Waals surface area contributed by atoms with Gasteiger partial charge in [0.15, 0.2) is 0 Å². The van der Waals surface area contributed by atoms with E-state index in [-0.39, 0.29) is 11.1 Å². The van der Waals surface area contributed by atoms with Crippen molar-refractivity contribution in [3.8, 4) is 0 Å². The maximum Gasteiger partial charge on any atom is 0.460 e. The van der Waals surface area contributed by atoms with E-state index in [1.165, 1.54) is 6.07 Å². The highest BCUT2D eigenvalue weighted by Crippen LogP contribution is 2.64. The van der Waals surface area contributed by atoms with Crippen molar-refractivity contribution in [3.63, 3.8) is 0 Å². The lowest BCUT2D eigenvalue weighted by Gasteiger charge is -2.42. The van der Waals surface area contributed by atoms with Gasteiger partial charge in [0.1, 0.15) is 0 Å². The third-order valence-electron chi connectivity index (χ3n) is 5.01. The molecule has 0 aromatic heterocycles. The first-order chi connectivity index (χ1) is 16.2. The van der Waals surface area contributed by atoms with Gasteiger partial charge in [-0.1, -0.05) is 24.8 Å². The van der Waals surface area contributed by atoms with E-state index in [2.05, 4.69) is 6.58 Å². The zero-order chi connectivity index (χ0) is 29.7. The summed E-state index contributed by atoms with van der Waals surface area (Å²) in [5.41, 5.74) is -0.485. The molecule has 0 saturated carbocycles. The Bertz CT molecular complexity index is 977. The van der Waals surface area contributed by atoms with Gasteiger partial charge in [-0.3, -0.25) is 0 Å². The highest BCUT2D eigenvalue weighted by Gasteiger charge is 2.95. The minimum absolute atomic E-state index is 0.0426. The van der Waals surface area contributed by atoms with Gasteiger partial charge in [-0.2, -0.15) is 74.6 Å². The molecule has 0 heterocycles. The predicted octanol–water partition coefficient (Wildman–Crippen LogP) is 7.76. The second kappa shape index (κ2) is 9.48. The molecule has 0 fully saturated rings. The maximum absolute atomic E-state index is 14.0. The van der Waals surface area contributed by atoms with Crippen LogP contribution in [-0.2, 0) is 13.0 Å². The molecule has 0 aliphatic heterocycles. The Morgan fingerprint density at radius 3 is 1.32 bits per heavy atom. The van der Waals surface area contributed by atoms with E-state index in [1.54, 1.807) is 0 Å². The van der Waals surface area contributed by atoms with Crippen LogP contribution in [0.1, 0.15) is 23.1 Å². The maximum atomic E-state index is 14.0. The molecule has 0 amide bonds. The number of alkyl halides is 17. The number of hydrogen-bond acceptors (Lipinski definition) is 1. The summed E-state index contributed by atoms with van der Waals surface area (Å²) in [7, 11) is 0. The summed E-state index contributed by atoms with van der Waals surface area (Å²) in [6, 6.07) is 2.92. The molecule has 0 atom stereocenters. The van der Waals surface area contributed by atoms with E-state index in [9.17, 15) is 74.6 Å². The second-order valence-electron chi connectivity index (χ2n) is 7.59. The average Bonchev–Trinajstić information content (AvgIpc) is 2.75. The van der Waals surface area contributed by atoms with Crippen LogP contribution in [0, 0.1) is 0 Å². The molecular formula is C19H13F17O. The first kappa shape index (κ1) is 32.8. The number of rotatable bonds is 11. The van der Waals surface area contributed by atoms with Crippen molar-refractivity contribution in [1.29, 1.82) is 0 Å². The number of halogens is 17. The summed E-state index contributed by atoms with van der Waals surface area (Å²) in [5, 5.41) is 9.04. The first-order valence-corrected chi connectivity index (χ1v) is 9.27. The molecule has 0 aliphatic carbocycles. The molecule has 0 unspecified atom stereocenters. The summed E-state index contributed by atoms with van der Waals surface area (Å²) in [6.07, 6.45) is -10.7. The lowest BCUT2D eigenvalue weighted by molar-refractivity contribution is -0.461. The molecule has 1 aromatic carbocycles. The molecule has 0 radical (unpaired) electrons. The molecule has 214 valence electrons. The number of hydrogen-bond donors (Lipinski definition) is 1. The van der Waals surface area contributed by atoms with Crippen molar-refractivity contribution in [3.05, 3.63) is 41.5 Å². The summed E-state index contributed by atoms with van der Waals surface area (Å²) >= 11 is 0. The number of aliphatic hydroxyl groups excluding tert-OH is 1. The highest BCUT2D eigenvalue weighted by molar-refractivity contribution is 5.50. The molecule has 0 spiro atoms. The van der Waals surface area contributed by atoms with E-state index in [4.69, 9.17) is 5.11 Å². The van der Waals surface area contributed by atoms with Crippen molar-refractivity contribution in [2.45, 2.75) is 67.1 Å². The van der Waals surface area contributed by atoms with Crippen molar-refractivity contribution in [2.75, 3.05) is 0 Å². The summed E-state index contributed by atoms with van der Waals surface area (Å²) < 4.78 is 226. The van der Waals surface area contributed by atoms with Crippen LogP contribution in [0.4, 0.5) is 74.6 Å². The summed E-state index contributed by atoms with van der Waals surface area (Å²) in [4.78, 5) is 0. The van der Waals surface area contributed by atoms with E-state index in [0.29, 0.717) is 0 Å². The van der Waals surface area contributed by atoms with Crippen LogP contribution in [-0.4, -0.2) is 52.7 Å². The van der Waals surface area contributed by atoms with Gasteiger partial charge in [-0.05, 0) is 29.2 Å². The zero-order valence-corrected chi connectivity index (χ0v) is 17.5. The minimum atomic E-state index is -8.64. The predicted molar refractivity (Wildman–Crippen MR) is 91.5 cm³/mol. The van der Waals surface area contributed by atoms with Gasteiger partial charge < -0.3 is 5.11 Å². The standard InChI is InChI=1S/C19H13F17O/c1-2-9-5-10(7-11(6-9)8-37)3-4-12(20,21)13(22,23)14(24,25)15(26,27)16(28,29)17(30,31)18(32,33)19(34,35)36/h2,5-7,37H,1,3-4,8H2. The summed E-state index contributed by atoms with van der Waals surface area (Å²) in [6.45, 7) is 2.46. The Morgan fingerprint density at radius 2 is 0.946 bits per heavy atom. The largest absolute Gasteiger partial charge is 0.460 e. The molecule has 37 heavy (non-hydrogen) atoms. The first-order valence-electron chi connectivity index (χ1n) is 9.27. The van der Waals surface area contributed by atoms with Crippen LogP contribution in [0.3, 0.4) is 0 Å². The Balaban J connectivity index is 3.49. The lowest BCUT2D eigenvalue weighted by Crippen LogP contribution is -2.74. The normalized spacial score (nSPS) is 15.2. The quantitative estimate of drug-likeness (QED) is 0.266. The van der Waals surface area contributed by atoms with Gasteiger partial charge in [0.2, 0.25) is 0 Å². The van der Waals surface area contributed by atoms with Crippen molar-refractivity contribution >= 4 is 6.08 Å². The number of benzene rings is 1. The van der Waals surface area contributed by atoms with Crippen molar-refractivity contribution < 1.29 is 79.7 Å². The number of aliphatic hydroxyl groups is 1. The Kier molecular flexibility index (Phi) is 8.40. The second-order valence-corrected chi connectivity index (χ2v) is 7.59. The minimum Gasteiger partial charge on any atom is -0.392 e. The fourth-order valence-electron chi connectivity index (χ4n) is 2.80. The van der Waals surface area contributed by atoms with Crippen molar-refractivity contribution in [2.24, 2.45) is 0 Å². The van der Waals surface area contributed by atoms with Gasteiger partial charge in [0.05, 0.1) is 6.61 Å². The summed E-state index contributed by atoms with van der Waals surface area (Å²) in [5.74, 6) is -56.4. The monoisotopic (exact) mass is 580 g/mol. The molecule has 1 rings (SSSR count). The molecule has 0 bridgehead atoms. The van der Waals surface area contributed by atoms with E-state index >= 15 is 0 Å². The smallest absolute Gasteiger partial charge is 0.392 e. The fourth-order valence-corrected chi connectivity index (χ4v) is 2.80. The number of aryl methyl sites for hydroxylation is 1. The molecule has 0 aliphatic rings. The molecule has 0 saturated heterocycles. The van der Waals surface area contributed by atoms with E-state index < -0.39 is 72.6 Å². The van der Waals surface area contributed by atoms with Crippen LogP contribution in [0.5, 0.6) is 0 Å². The SMILES string of the molecule is C=Cc1cc(CO)cc(CCC(F)(F)C(F)(F)C(F)(F)C(F)(F)C(F)(F)C(F)(F)C(F)(F)C(F)(F)F)c1. The topological polar surface area (TPSA) is 20.2 Å². The molecule has 18 heteroatoms. The third kappa shape index (κ3) is 4.96. The molecular weight excluding hydrogens is 567 g/mol. The third-order valence-corrected chi connectivity index (χ3v) is 5.01. The van der Waals surface area contributed by atoms with E-state index in [0.717, 1.165) is 18.2 Å². The Hall–Kier alpha value is -2.27. The Labute approximate surface area is 195 Å². The van der Waals surface area contributed by atoms with E-state index in [1.807, 2.05) is 0 Å².